The molecule has 0 radical (unpaired) electrons. The molecule has 0 saturated carbocycles. The molecule has 5 nitrogen and oxygen atoms in total. The van der Waals surface area contributed by atoms with Crippen molar-refractivity contribution in [2.45, 2.75) is 69.9 Å². The lowest BCUT2D eigenvalue weighted by Gasteiger charge is -2.35. The Kier molecular flexibility index (Phi) is 9.87. The summed E-state index contributed by atoms with van der Waals surface area (Å²) in [6.45, 7) is 3.09. The second-order valence-corrected chi connectivity index (χ2v) is 5.60. The SMILES string of the molecule is CCC/C=C/CCCCCOC[C@@H]1OC[C@@H](O)[C@H](O)[C@H]1O. The molecule has 1 aliphatic heterocycles. The fourth-order valence-corrected chi connectivity index (χ4v) is 2.26. The number of rotatable bonds is 10. The first-order valence-electron chi connectivity index (χ1n) is 8.05. The van der Waals surface area contributed by atoms with Crippen molar-refractivity contribution < 1.29 is 24.8 Å². The minimum Gasteiger partial charge on any atom is -0.388 e. The molecule has 1 rings (SSSR count). The summed E-state index contributed by atoms with van der Waals surface area (Å²) < 4.78 is 10.7. The van der Waals surface area contributed by atoms with Crippen LogP contribution >= 0.6 is 0 Å². The molecule has 0 aromatic carbocycles. The van der Waals surface area contributed by atoms with Crippen LogP contribution in [0.1, 0.15) is 45.4 Å². The molecule has 1 fully saturated rings. The minimum atomic E-state index is -1.15. The molecule has 124 valence electrons. The molecule has 4 atom stereocenters. The first-order valence-corrected chi connectivity index (χ1v) is 8.05. The predicted molar refractivity (Wildman–Crippen MR) is 81.1 cm³/mol. The molecule has 0 bridgehead atoms. The third kappa shape index (κ3) is 7.38. The Labute approximate surface area is 127 Å². The zero-order chi connectivity index (χ0) is 15.5. The summed E-state index contributed by atoms with van der Waals surface area (Å²) in [5.74, 6) is 0. The van der Waals surface area contributed by atoms with Crippen LogP contribution in [0.2, 0.25) is 0 Å². The van der Waals surface area contributed by atoms with Gasteiger partial charge in [0.2, 0.25) is 0 Å². The van der Waals surface area contributed by atoms with E-state index in [1.165, 1.54) is 6.42 Å². The van der Waals surface area contributed by atoms with E-state index in [2.05, 4.69) is 19.1 Å². The lowest BCUT2D eigenvalue weighted by molar-refractivity contribution is -0.199. The van der Waals surface area contributed by atoms with Gasteiger partial charge in [0.25, 0.3) is 0 Å². The maximum Gasteiger partial charge on any atom is 0.111 e. The Balaban J connectivity index is 1.97. The van der Waals surface area contributed by atoms with Crippen LogP contribution < -0.4 is 0 Å². The van der Waals surface area contributed by atoms with E-state index in [0.29, 0.717) is 6.61 Å². The number of ether oxygens (including phenoxy) is 2. The minimum absolute atomic E-state index is 0.0380. The van der Waals surface area contributed by atoms with Crippen LogP contribution in [0.5, 0.6) is 0 Å². The second kappa shape index (κ2) is 11.2. The van der Waals surface area contributed by atoms with Crippen LogP contribution in [-0.4, -0.2) is 59.6 Å². The molecule has 0 amide bonds. The fraction of sp³-hybridized carbons (Fsp3) is 0.875. The van der Waals surface area contributed by atoms with E-state index in [9.17, 15) is 15.3 Å². The average molecular weight is 302 g/mol. The quantitative estimate of drug-likeness (QED) is 0.420. The van der Waals surface area contributed by atoms with Gasteiger partial charge in [-0.05, 0) is 25.7 Å². The third-order valence-corrected chi connectivity index (χ3v) is 3.67. The van der Waals surface area contributed by atoms with Crippen LogP contribution in [0.4, 0.5) is 0 Å². The van der Waals surface area contributed by atoms with Crippen LogP contribution in [0, 0.1) is 0 Å². The highest BCUT2D eigenvalue weighted by molar-refractivity contribution is 4.86. The predicted octanol–water partition coefficient (Wildman–Crippen LogP) is 1.40. The zero-order valence-electron chi connectivity index (χ0n) is 13.0. The Morgan fingerprint density at radius 1 is 1.05 bits per heavy atom. The van der Waals surface area contributed by atoms with E-state index in [-0.39, 0.29) is 13.2 Å². The van der Waals surface area contributed by atoms with Gasteiger partial charge in [0, 0.05) is 6.61 Å². The number of aliphatic hydroxyl groups excluding tert-OH is 3. The monoisotopic (exact) mass is 302 g/mol. The lowest BCUT2D eigenvalue weighted by atomic mass is 10.0. The van der Waals surface area contributed by atoms with Gasteiger partial charge < -0.3 is 24.8 Å². The first-order chi connectivity index (χ1) is 10.2. The number of unbranched alkanes of at least 4 members (excludes halogenated alkanes) is 4. The van der Waals surface area contributed by atoms with Gasteiger partial charge in [-0.1, -0.05) is 31.9 Å². The molecule has 0 unspecified atom stereocenters. The number of aliphatic hydroxyl groups is 3. The van der Waals surface area contributed by atoms with Crippen molar-refractivity contribution in [3.63, 3.8) is 0 Å². The Bertz CT molecular complexity index is 282. The van der Waals surface area contributed by atoms with Gasteiger partial charge in [0.1, 0.15) is 24.4 Å². The summed E-state index contributed by atoms with van der Waals surface area (Å²) in [5, 5.41) is 28.6. The molecule has 1 aliphatic rings. The van der Waals surface area contributed by atoms with Gasteiger partial charge in [-0.2, -0.15) is 0 Å². The van der Waals surface area contributed by atoms with E-state index in [1.807, 2.05) is 0 Å². The van der Waals surface area contributed by atoms with Crippen LogP contribution in [-0.2, 0) is 9.47 Å². The van der Waals surface area contributed by atoms with E-state index in [4.69, 9.17) is 9.47 Å². The zero-order valence-corrected chi connectivity index (χ0v) is 13.0. The van der Waals surface area contributed by atoms with Crippen LogP contribution in [0.15, 0.2) is 12.2 Å². The van der Waals surface area contributed by atoms with Crippen molar-refractivity contribution >= 4 is 0 Å². The first kappa shape index (κ1) is 18.6. The summed E-state index contributed by atoms with van der Waals surface area (Å²) in [4.78, 5) is 0. The molecule has 21 heavy (non-hydrogen) atoms. The van der Waals surface area contributed by atoms with Crippen molar-refractivity contribution in [1.82, 2.24) is 0 Å². The van der Waals surface area contributed by atoms with Gasteiger partial charge in [-0.3, -0.25) is 0 Å². The summed E-state index contributed by atoms with van der Waals surface area (Å²) >= 11 is 0. The molecule has 5 heteroatoms. The maximum atomic E-state index is 9.73. The molecule has 1 saturated heterocycles. The molecule has 1 heterocycles. The van der Waals surface area contributed by atoms with E-state index >= 15 is 0 Å². The van der Waals surface area contributed by atoms with Gasteiger partial charge in [-0.15, -0.1) is 0 Å². The molecular weight excluding hydrogens is 272 g/mol. The second-order valence-electron chi connectivity index (χ2n) is 5.60. The van der Waals surface area contributed by atoms with Crippen LogP contribution in [0.25, 0.3) is 0 Å². The Morgan fingerprint density at radius 3 is 2.57 bits per heavy atom. The van der Waals surface area contributed by atoms with Crippen molar-refractivity contribution in [2.75, 3.05) is 19.8 Å². The van der Waals surface area contributed by atoms with Gasteiger partial charge in [-0.25, -0.2) is 0 Å². The summed E-state index contributed by atoms with van der Waals surface area (Å²) in [6, 6.07) is 0. The molecule has 0 aromatic heterocycles. The Hall–Kier alpha value is -0.460. The fourth-order valence-electron chi connectivity index (χ4n) is 2.26. The van der Waals surface area contributed by atoms with E-state index in [0.717, 1.165) is 32.1 Å². The Morgan fingerprint density at radius 2 is 1.81 bits per heavy atom. The van der Waals surface area contributed by atoms with Gasteiger partial charge in [0.05, 0.1) is 13.2 Å². The molecular formula is C16H30O5. The number of allylic oxidation sites excluding steroid dienone is 2. The smallest absolute Gasteiger partial charge is 0.111 e. The normalized spacial score (nSPS) is 30.1. The van der Waals surface area contributed by atoms with E-state index < -0.39 is 24.4 Å². The number of hydrogen-bond acceptors (Lipinski definition) is 5. The molecule has 0 aliphatic carbocycles. The molecule has 3 N–H and O–H groups in total. The highest BCUT2D eigenvalue weighted by Crippen LogP contribution is 2.16. The van der Waals surface area contributed by atoms with Gasteiger partial charge in [0.15, 0.2) is 0 Å². The van der Waals surface area contributed by atoms with E-state index in [1.54, 1.807) is 0 Å². The largest absolute Gasteiger partial charge is 0.388 e. The lowest BCUT2D eigenvalue weighted by Crippen LogP contribution is -2.54. The number of hydrogen-bond donors (Lipinski definition) is 3. The van der Waals surface area contributed by atoms with Crippen molar-refractivity contribution in [1.29, 1.82) is 0 Å². The topological polar surface area (TPSA) is 79.2 Å². The average Bonchev–Trinajstić information content (AvgIpc) is 2.49. The van der Waals surface area contributed by atoms with Crippen LogP contribution in [0.3, 0.4) is 0 Å². The third-order valence-electron chi connectivity index (χ3n) is 3.67. The highest BCUT2D eigenvalue weighted by atomic mass is 16.6. The maximum absolute atomic E-state index is 9.73. The van der Waals surface area contributed by atoms with Gasteiger partial charge >= 0.3 is 0 Å². The summed E-state index contributed by atoms with van der Waals surface area (Å²) in [6.07, 6.45) is 7.41. The van der Waals surface area contributed by atoms with Crippen molar-refractivity contribution in [2.24, 2.45) is 0 Å². The standard InChI is InChI=1S/C16H30O5/c1-2-3-4-5-6-7-8-9-10-20-12-14-16(19)15(18)13(17)11-21-14/h4-5,13-19H,2-3,6-12H2,1H3/b5-4+/t13-,14+,15+,16+/m1/s1. The summed E-state index contributed by atoms with van der Waals surface area (Å²) in [7, 11) is 0. The van der Waals surface area contributed by atoms with Crippen molar-refractivity contribution in [3.8, 4) is 0 Å². The molecule has 0 spiro atoms. The highest BCUT2D eigenvalue weighted by Gasteiger charge is 2.37. The molecule has 0 aromatic rings. The summed E-state index contributed by atoms with van der Waals surface area (Å²) in [5.41, 5.74) is 0. The van der Waals surface area contributed by atoms with Crippen molar-refractivity contribution in [3.05, 3.63) is 12.2 Å².